The van der Waals surface area contributed by atoms with E-state index in [0.717, 1.165) is 11.3 Å². The molecule has 1 aromatic heterocycles. The van der Waals surface area contributed by atoms with Gasteiger partial charge in [-0.15, -0.1) is 11.8 Å². The summed E-state index contributed by atoms with van der Waals surface area (Å²) in [6.45, 7) is 2.57. The Morgan fingerprint density at radius 2 is 1.91 bits per heavy atom. The van der Waals surface area contributed by atoms with Crippen LogP contribution in [0, 0.1) is 0 Å². The molecule has 0 radical (unpaired) electrons. The second kappa shape index (κ2) is 9.52. The van der Waals surface area contributed by atoms with Crippen molar-refractivity contribution in [2.75, 3.05) is 11.9 Å². The Balaban J connectivity index is 1.52. The highest BCUT2D eigenvalue weighted by molar-refractivity contribution is 8.01. The Labute approximate surface area is 198 Å². The smallest absolute Gasteiger partial charge is 0.258 e. The van der Waals surface area contributed by atoms with Gasteiger partial charge in [-0.05, 0) is 42.8 Å². The molecule has 2 aromatic carbocycles. The van der Waals surface area contributed by atoms with Crippen molar-refractivity contribution in [1.29, 1.82) is 0 Å². The summed E-state index contributed by atoms with van der Waals surface area (Å²) in [5, 5.41) is 3.71. The number of benzene rings is 2. The van der Waals surface area contributed by atoms with Gasteiger partial charge in [0.2, 0.25) is 11.8 Å². The zero-order valence-electron chi connectivity index (χ0n) is 17.2. The van der Waals surface area contributed by atoms with Crippen molar-refractivity contribution in [3.63, 3.8) is 0 Å². The third-order valence-corrected chi connectivity index (χ3v) is 6.77. The summed E-state index contributed by atoms with van der Waals surface area (Å²) < 4.78 is 0. The summed E-state index contributed by atoms with van der Waals surface area (Å²) in [6.07, 6.45) is 0.753. The molecule has 166 valence electrons. The van der Waals surface area contributed by atoms with E-state index in [1.165, 1.54) is 11.8 Å². The Kier molecular flexibility index (Phi) is 6.74. The molecule has 4 rings (SSSR count). The lowest BCUT2D eigenvalue weighted by Crippen LogP contribution is -2.38. The quantitative estimate of drug-likeness (QED) is 0.531. The summed E-state index contributed by atoms with van der Waals surface area (Å²) in [5.74, 6) is -0.0560. The van der Waals surface area contributed by atoms with Gasteiger partial charge in [0.15, 0.2) is 0 Å². The van der Waals surface area contributed by atoms with E-state index in [1.807, 2.05) is 13.0 Å². The molecule has 0 spiro atoms. The van der Waals surface area contributed by atoms with E-state index in [9.17, 15) is 14.4 Å². The van der Waals surface area contributed by atoms with E-state index in [1.54, 1.807) is 35.2 Å². The summed E-state index contributed by atoms with van der Waals surface area (Å²) in [6, 6.07) is 10.1. The van der Waals surface area contributed by atoms with Crippen LogP contribution in [0.2, 0.25) is 10.0 Å². The first-order valence-corrected chi connectivity index (χ1v) is 11.7. The van der Waals surface area contributed by atoms with E-state index in [4.69, 9.17) is 23.2 Å². The number of hydrogen-bond acceptors (Lipinski definition) is 5. The van der Waals surface area contributed by atoms with Crippen LogP contribution < -0.4 is 10.9 Å². The van der Waals surface area contributed by atoms with Crippen molar-refractivity contribution in [3.8, 4) is 0 Å². The maximum absolute atomic E-state index is 13.1. The van der Waals surface area contributed by atoms with E-state index < -0.39 is 5.25 Å². The monoisotopic (exact) mass is 490 g/mol. The third kappa shape index (κ3) is 4.92. The molecule has 2 heterocycles. The number of thioether (sulfide) groups is 1. The lowest BCUT2D eigenvalue weighted by atomic mass is 10.2. The van der Waals surface area contributed by atoms with E-state index in [-0.39, 0.29) is 30.3 Å². The zero-order chi connectivity index (χ0) is 22.8. The predicted octanol–water partition coefficient (Wildman–Crippen LogP) is 4.47. The van der Waals surface area contributed by atoms with Crippen LogP contribution in [0.25, 0.3) is 10.9 Å². The molecule has 1 aliphatic rings. The standard InChI is InChI=1S/C22H20Cl2N4O3S/c1-2-7-28(11-19-25-15-8-12(23)3-5-14(15)21(30)27-19)20(29)10-18-22(31)26-16-9-13(24)4-6-17(16)32-18/h3-6,8-9,18H,2,7,10-11H2,1H3,(H,26,31)(H,25,27,30). The largest absolute Gasteiger partial charge is 0.335 e. The first kappa shape index (κ1) is 22.6. The number of halogens is 2. The van der Waals surface area contributed by atoms with Crippen LogP contribution in [0.15, 0.2) is 46.1 Å². The minimum Gasteiger partial charge on any atom is -0.335 e. The number of amides is 2. The average Bonchev–Trinajstić information content (AvgIpc) is 2.73. The predicted molar refractivity (Wildman–Crippen MR) is 127 cm³/mol. The van der Waals surface area contributed by atoms with Gasteiger partial charge in [0.05, 0.1) is 28.4 Å². The summed E-state index contributed by atoms with van der Waals surface area (Å²) in [7, 11) is 0. The maximum atomic E-state index is 13.1. The number of nitrogens with one attached hydrogen (secondary N) is 2. The van der Waals surface area contributed by atoms with Crippen LogP contribution in [0.1, 0.15) is 25.6 Å². The van der Waals surface area contributed by atoms with Crippen LogP contribution in [0.4, 0.5) is 5.69 Å². The molecule has 1 atom stereocenters. The van der Waals surface area contributed by atoms with Crippen LogP contribution in [0.5, 0.6) is 0 Å². The third-order valence-electron chi connectivity index (χ3n) is 5.03. The topological polar surface area (TPSA) is 95.2 Å². The van der Waals surface area contributed by atoms with Gasteiger partial charge in [0.1, 0.15) is 5.82 Å². The molecule has 0 saturated heterocycles. The lowest BCUT2D eigenvalue weighted by Gasteiger charge is -2.27. The van der Waals surface area contributed by atoms with Crippen molar-refractivity contribution >= 4 is 63.4 Å². The van der Waals surface area contributed by atoms with Crippen molar-refractivity contribution in [2.24, 2.45) is 0 Å². The number of rotatable bonds is 6. The molecule has 10 heteroatoms. The Bertz CT molecular complexity index is 1260. The summed E-state index contributed by atoms with van der Waals surface area (Å²) >= 11 is 13.4. The molecule has 1 unspecified atom stereocenters. The number of H-pyrrole nitrogens is 1. The molecule has 0 bridgehead atoms. The van der Waals surface area contributed by atoms with Crippen molar-refractivity contribution in [3.05, 3.63) is 62.6 Å². The molecule has 3 aromatic rings. The second-order valence-corrected chi connectivity index (χ2v) is 9.55. The van der Waals surface area contributed by atoms with E-state index >= 15 is 0 Å². The molecule has 2 N–H and O–H groups in total. The highest BCUT2D eigenvalue weighted by Gasteiger charge is 2.30. The van der Waals surface area contributed by atoms with E-state index in [0.29, 0.717) is 39.0 Å². The van der Waals surface area contributed by atoms with Gasteiger partial charge in [0, 0.05) is 27.9 Å². The highest BCUT2D eigenvalue weighted by Crippen LogP contribution is 2.38. The number of anilines is 1. The number of hydrogen-bond donors (Lipinski definition) is 2. The van der Waals surface area contributed by atoms with Crippen LogP contribution in [0.3, 0.4) is 0 Å². The number of aromatic nitrogens is 2. The number of aromatic amines is 1. The van der Waals surface area contributed by atoms with Crippen LogP contribution in [-0.2, 0) is 16.1 Å². The zero-order valence-corrected chi connectivity index (χ0v) is 19.5. The highest BCUT2D eigenvalue weighted by atomic mass is 35.5. The molecule has 0 aliphatic carbocycles. The van der Waals surface area contributed by atoms with Crippen molar-refractivity contribution in [2.45, 2.75) is 36.5 Å². The van der Waals surface area contributed by atoms with Gasteiger partial charge in [-0.25, -0.2) is 4.98 Å². The molecule has 1 aliphatic heterocycles. The Morgan fingerprint density at radius 3 is 2.69 bits per heavy atom. The van der Waals surface area contributed by atoms with Gasteiger partial charge < -0.3 is 15.2 Å². The molecule has 7 nitrogen and oxygen atoms in total. The van der Waals surface area contributed by atoms with Gasteiger partial charge in [-0.1, -0.05) is 30.1 Å². The molecule has 0 fully saturated rings. The van der Waals surface area contributed by atoms with Gasteiger partial charge in [0.25, 0.3) is 5.56 Å². The van der Waals surface area contributed by atoms with E-state index in [2.05, 4.69) is 15.3 Å². The SMILES string of the molecule is CCCN(Cc1nc2cc(Cl)ccc2c(=O)[nH]1)C(=O)CC1Sc2ccc(Cl)cc2NC1=O. The fourth-order valence-electron chi connectivity index (χ4n) is 3.52. The molecular formula is C22H20Cl2N4O3S. The minimum absolute atomic E-state index is 0.0300. The minimum atomic E-state index is -0.557. The number of nitrogens with zero attached hydrogens (tertiary/aromatic N) is 2. The van der Waals surface area contributed by atoms with Crippen molar-refractivity contribution in [1.82, 2.24) is 14.9 Å². The van der Waals surface area contributed by atoms with Crippen molar-refractivity contribution < 1.29 is 9.59 Å². The van der Waals surface area contributed by atoms with Gasteiger partial charge in [-0.3, -0.25) is 14.4 Å². The van der Waals surface area contributed by atoms with Gasteiger partial charge >= 0.3 is 0 Å². The molecule has 32 heavy (non-hydrogen) atoms. The first-order valence-electron chi connectivity index (χ1n) is 10.1. The molecule has 2 amide bonds. The summed E-state index contributed by atoms with van der Waals surface area (Å²) in [5.41, 5.74) is 0.832. The average molecular weight is 491 g/mol. The number of carbonyl (C=O) groups is 2. The Morgan fingerprint density at radius 1 is 1.16 bits per heavy atom. The summed E-state index contributed by atoms with van der Waals surface area (Å²) in [4.78, 5) is 47.7. The lowest BCUT2D eigenvalue weighted by molar-refractivity contribution is -0.133. The van der Waals surface area contributed by atoms with Gasteiger partial charge in [-0.2, -0.15) is 0 Å². The fraction of sp³-hybridized carbons (Fsp3) is 0.273. The molecular weight excluding hydrogens is 471 g/mol. The number of fused-ring (bicyclic) bond motifs is 2. The molecule has 0 saturated carbocycles. The van der Waals surface area contributed by atoms with Crippen LogP contribution >= 0.6 is 35.0 Å². The fourth-order valence-corrected chi connectivity index (χ4v) is 4.94. The van der Waals surface area contributed by atoms with Crippen LogP contribution in [-0.4, -0.2) is 38.5 Å². The normalized spacial score (nSPS) is 15.3. The Hall–Kier alpha value is -2.55. The first-order chi connectivity index (χ1) is 15.3. The second-order valence-electron chi connectivity index (χ2n) is 7.43. The maximum Gasteiger partial charge on any atom is 0.258 e. The number of carbonyl (C=O) groups excluding carboxylic acids is 2.